The van der Waals surface area contributed by atoms with E-state index in [4.69, 9.17) is 11.6 Å². The van der Waals surface area contributed by atoms with Crippen LogP contribution in [-0.4, -0.2) is 38.0 Å². The van der Waals surface area contributed by atoms with Crippen molar-refractivity contribution < 1.29 is 9.59 Å². The molecule has 6 heteroatoms. The van der Waals surface area contributed by atoms with Crippen LogP contribution in [0.4, 0.5) is 11.4 Å². The predicted molar refractivity (Wildman–Crippen MR) is 112 cm³/mol. The van der Waals surface area contributed by atoms with Crippen molar-refractivity contribution in [3.8, 4) is 0 Å². The zero-order chi connectivity index (χ0) is 19.3. The molecule has 0 saturated carbocycles. The molecular formula is C22H18ClN3O2. The number of rotatable bonds is 2. The molecule has 140 valence electrons. The molecule has 0 spiro atoms. The van der Waals surface area contributed by atoms with Crippen LogP contribution in [0.25, 0.3) is 10.8 Å². The molecule has 1 N–H and O–H groups in total. The Kier molecular flexibility index (Phi) is 4.07. The Bertz CT molecular complexity index is 1100. The first kappa shape index (κ1) is 17.2. The number of carbonyl (C=O) groups is 2. The number of carbonyl (C=O) groups excluding carboxylic acids is 2. The van der Waals surface area contributed by atoms with Gasteiger partial charge >= 0.3 is 0 Å². The monoisotopic (exact) mass is 391 g/mol. The predicted octanol–water partition coefficient (Wildman–Crippen LogP) is 3.70. The number of nitrogens with one attached hydrogen (secondary N) is 1. The minimum absolute atomic E-state index is 0.317. The van der Waals surface area contributed by atoms with Gasteiger partial charge in [0.05, 0.1) is 5.69 Å². The van der Waals surface area contributed by atoms with Crippen molar-refractivity contribution in [2.45, 2.75) is 0 Å². The minimum Gasteiger partial charge on any atom is -0.368 e. The Morgan fingerprint density at radius 3 is 2.32 bits per heavy atom. The summed E-state index contributed by atoms with van der Waals surface area (Å²) in [6.07, 6.45) is 0. The molecule has 5 rings (SSSR count). The molecule has 1 fully saturated rings. The Balaban J connectivity index is 1.69. The van der Waals surface area contributed by atoms with Crippen molar-refractivity contribution in [1.29, 1.82) is 0 Å². The lowest BCUT2D eigenvalue weighted by Gasteiger charge is -2.32. The maximum atomic E-state index is 13.3. The van der Waals surface area contributed by atoms with Gasteiger partial charge in [0.25, 0.3) is 11.8 Å². The van der Waals surface area contributed by atoms with E-state index in [1.165, 1.54) is 4.90 Å². The Labute approximate surface area is 167 Å². The smallest absolute Gasteiger partial charge is 0.265 e. The molecule has 0 radical (unpaired) electrons. The van der Waals surface area contributed by atoms with E-state index in [1.807, 2.05) is 24.3 Å². The Morgan fingerprint density at radius 2 is 1.57 bits per heavy atom. The minimum atomic E-state index is -0.317. The molecule has 0 bridgehead atoms. The summed E-state index contributed by atoms with van der Waals surface area (Å²) in [4.78, 5) is 30.0. The number of anilines is 2. The van der Waals surface area contributed by atoms with E-state index in [-0.39, 0.29) is 11.8 Å². The van der Waals surface area contributed by atoms with E-state index < -0.39 is 0 Å². The maximum Gasteiger partial charge on any atom is 0.265 e. The summed E-state index contributed by atoms with van der Waals surface area (Å²) in [6, 6.07) is 16.3. The molecule has 28 heavy (non-hydrogen) atoms. The summed E-state index contributed by atoms with van der Waals surface area (Å²) >= 11 is 6.09. The second-order valence-corrected chi connectivity index (χ2v) is 7.46. The van der Waals surface area contributed by atoms with Crippen molar-refractivity contribution in [2.24, 2.45) is 0 Å². The summed E-state index contributed by atoms with van der Waals surface area (Å²) in [5, 5.41) is 5.53. The molecule has 0 atom stereocenters. The number of halogens is 1. The van der Waals surface area contributed by atoms with E-state index >= 15 is 0 Å². The van der Waals surface area contributed by atoms with Crippen LogP contribution < -0.4 is 15.1 Å². The summed E-state index contributed by atoms with van der Waals surface area (Å²) in [7, 11) is 0. The molecule has 0 unspecified atom stereocenters. The second-order valence-electron chi connectivity index (χ2n) is 7.02. The highest BCUT2D eigenvalue weighted by Gasteiger charge is 2.34. The van der Waals surface area contributed by atoms with Crippen LogP contribution in [0.3, 0.4) is 0 Å². The molecule has 3 aromatic carbocycles. The Hall–Kier alpha value is -2.89. The van der Waals surface area contributed by atoms with E-state index in [1.54, 1.807) is 30.3 Å². The van der Waals surface area contributed by atoms with Crippen LogP contribution >= 0.6 is 11.6 Å². The van der Waals surface area contributed by atoms with Crippen LogP contribution in [0.2, 0.25) is 5.02 Å². The number of benzene rings is 3. The molecule has 5 nitrogen and oxygen atoms in total. The quantitative estimate of drug-likeness (QED) is 0.677. The molecule has 0 aromatic heterocycles. The SMILES string of the molecule is O=C1c2cccc3c(N4CCNCC4)ccc(c23)C(=O)N1c1cccc(Cl)c1. The zero-order valence-corrected chi connectivity index (χ0v) is 15.9. The molecular weight excluding hydrogens is 374 g/mol. The van der Waals surface area contributed by atoms with E-state index in [9.17, 15) is 9.59 Å². The molecule has 2 amide bonds. The third kappa shape index (κ3) is 2.58. The van der Waals surface area contributed by atoms with Crippen molar-refractivity contribution in [1.82, 2.24) is 5.32 Å². The number of hydrogen-bond donors (Lipinski definition) is 1. The van der Waals surface area contributed by atoms with Gasteiger partial charge in [0, 0.05) is 58.8 Å². The largest absolute Gasteiger partial charge is 0.368 e. The van der Waals surface area contributed by atoms with Gasteiger partial charge in [-0.2, -0.15) is 0 Å². The molecule has 0 aliphatic carbocycles. The van der Waals surface area contributed by atoms with Crippen LogP contribution in [0.1, 0.15) is 20.7 Å². The summed E-state index contributed by atoms with van der Waals surface area (Å²) < 4.78 is 0. The number of piperazine rings is 1. The maximum absolute atomic E-state index is 13.3. The van der Waals surface area contributed by atoms with Gasteiger partial charge in [-0.3, -0.25) is 9.59 Å². The van der Waals surface area contributed by atoms with Gasteiger partial charge in [-0.1, -0.05) is 29.8 Å². The molecule has 3 aromatic rings. The Morgan fingerprint density at radius 1 is 0.857 bits per heavy atom. The van der Waals surface area contributed by atoms with Gasteiger partial charge in [0.15, 0.2) is 0 Å². The molecule has 2 heterocycles. The van der Waals surface area contributed by atoms with Crippen molar-refractivity contribution >= 4 is 45.6 Å². The first-order valence-electron chi connectivity index (χ1n) is 9.31. The zero-order valence-electron chi connectivity index (χ0n) is 15.1. The van der Waals surface area contributed by atoms with Crippen molar-refractivity contribution in [3.05, 3.63) is 70.7 Å². The fourth-order valence-corrected chi connectivity index (χ4v) is 4.30. The highest BCUT2D eigenvalue weighted by Crippen LogP contribution is 2.37. The van der Waals surface area contributed by atoms with Gasteiger partial charge in [0.1, 0.15) is 0 Å². The van der Waals surface area contributed by atoms with Crippen LogP contribution in [0.15, 0.2) is 54.6 Å². The average molecular weight is 392 g/mol. The third-order valence-corrected chi connectivity index (χ3v) is 5.64. The van der Waals surface area contributed by atoms with Crippen LogP contribution in [0.5, 0.6) is 0 Å². The van der Waals surface area contributed by atoms with Gasteiger partial charge in [-0.15, -0.1) is 0 Å². The lowest BCUT2D eigenvalue weighted by molar-refractivity contribution is 0.0893. The highest BCUT2D eigenvalue weighted by atomic mass is 35.5. The molecule has 1 saturated heterocycles. The molecule has 2 aliphatic heterocycles. The first-order valence-corrected chi connectivity index (χ1v) is 9.69. The van der Waals surface area contributed by atoms with Gasteiger partial charge < -0.3 is 10.2 Å². The van der Waals surface area contributed by atoms with Gasteiger partial charge in [-0.25, -0.2) is 4.90 Å². The summed E-state index contributed by atoms with van der Waals surface area (Å²) in [5.74, 6) is -0.634. The fourth-order valence-electron chi connectivity index (χ4n) is 4.11. The molecule has 2 aliphatic rings. The highest BCUT2D eigenvalue weighted by molar-refractivity contribution is 6.37. The number of hydrogen-bond acceptors (Lipinski definition) is 4. The average Bonchev–Trinajstić information content (AvgIpc) is 2.72. The second kappa shape index (κ2) is 6.62. The van der Waals surface area contributed by atoms with Gasteiger partial charge in [-0.05, 0) is 36.4 Å². The van der Waals surface area contributed by atoms with Crippen molar-refractivity contribution in [2.75, 3.05) is 36.0 Å². The summed E-state index contributed by atoms with van der Waals surface area (Å²) in [5.41, 5.74) is 2.64. The van der Waals surface area contributed by atoms with Crippen LogP contribution in [-0.2, 0) is 0 Å². The number of amides is 2. The number of nitrogens with zero attached hydrogens (tertiary/aromatic N) is 2. The van der Waals surface area contributed by atoms with Crippen LogP contribution in [0, 0.1) is 0 Å². The topological polar surface area (TPSA) is 52.7 Å². The fraction of sp³-hybridized carbons (Fsp3) is 0.182. The summed E-state index contributed by atoms with van der Waals surface area (Å²) in [6.45, 7) is 3.64. The third-order valence-electron chi connectivity index (χ3n) is 5.41. The lowest BCUT2D eigenvalue weighted by atomic mass is 9.92. The first-order chi connectivity index (χ1) is 13.6. The van der Waals surface area contributed by atoms with E-state index in [0.29, 0.717) is 21.8 Å². The van der Waals surface area contributed by atoms with Gasteiger partial charge in [0.2, 0.25) is 0 Å². The standard InChI is InChI=1S/C22H18ClN3O2/c23-14-3-1-4-15(13-14)26-21(27)17-6-2-5-16-19(25-11-9-24-10-12-25)8-7-18(20(16)17)22(26)28/h1-8,13,24H,9-12H2. The normalized spacial score (nSPS) is 16.8. The van der Waals surface area contributed by atoms with E-state index in [2.05, 4.69) is 10.2 Å². The number of imide groups is 1. The van der Waals surface area contributed by atoms with Crippen molar-refractivity contribution in [3.63, 3.8) is 0 Å². The van der Waals surface area contributed by atoms with E-state index in [0.717, 1.165) is 42.6 Å². The lowest BCUT2D eigenvalue weighted by Crippen LogP contribution is -2.44.